The lowest BCUT2D eigenvalue weighted by Gasteiger charge is -2.23. The summed E-state index contributed by atoms with van der Waals surface area (Å²) in [7, 11) is 1.94. The smallest absolute Gasteiger partial charge is 0.273 e. The minimum Gasteiger partial charge on any atom is -0.353 e. The molecule has 0 aliphatic rings. The lowest BCUT2D eigenvalue weighted by atomic mass is 10.1. The molecule has 2 rings (SSSR count). The highest BCUT2D eigenvalue weighted by atomic mass is 16.6. The number of nitrogens with zero attached hydrogens (tertiary/aromatic N) is 3. The standard InChI is InChI=1S/C18H23N3O3/c1-4-5-11-20(13-16-7-6-10-19(16)3)18(22)15-9-8-14(2)17(12-15)21(23)24/h6-10,12H,4-5,11,13H2,1-3H3. The van der Waals surface area contributed by atoms with Crippen molar-refractivity contribution in [1.29, 1.82) is 0 Å². The average Bonchev–Trinajstić information content (AvgIpc) is 2.96. The van der Waals surface area contributed by atoms with Crippen molar-refractivity contribution in [2.75, 3.05) is 6.54 Å². The lowest BCUT2D eigenvalue weighted by molar-refractivity contribution is -0.385. The number of aromatic nitrogens is 1. The number of hydrogen-bond donors (Lipinski definition) is 0. The van der Waals surface area contributed by atoms with Gasteiger partial charge in [0.1, 0.15) is 0 Å². The molecule has 0 bridgehead atoms. The van der Waals surface area contributed by atoms with Crippen molar-refractivity contribution < 1.29 is 9.72 Å². The highest BCUT2D eigenvalue weighted by Crippen LogP contribution is 2.21. The fraction of sp³-hybridized carbons (Fsp3) is 0.389. The zero-order chi connectivity index (χ0) is 17.7. The molecule has 1 aromatic heterocycles. The van der Waals surface area contributed by atoms with Gasteiger partial charge < -0.3 is 9.47 Å². The Balaban J connectivity index is 2.28. The maximum absolute atomic E-state index is 12.9. The molecule has 1 heterocycles. The summed E-state index contributed by atoms with van der Waals surface area (Å²) < 4.78 is 1.98. The second-order valence-corrected chi connectivity index (χ2v) is 5.95. The van der Waals surface area contributed by atoms with Crippen LogP contribution in [0.3, 0.4) is 0 Å². The van der Waals surface area contributed by atoms with Crippen LogP contribution >= 0.6 is 0 Å². The molecule has 0 aliphatic heterocycles. The summed E-state index contributed by atoms with van der Waals surface area (Å²) in [6, 6.07) is 8.58. The first-order chi connectivity index (χ1) is 11.4. The van der Waals surface area contributed by atoms with Gasteiger partial charge in [-0.3, -0.25) is 14.9 Å². The van der Waals surface area contributed by atoms with Crippen LogP contribution in [0.1, 0.15) is 41.4 Å². The number of hydrogen-bond acceptors (Lipinski definition) is 3. The van der Waals surface area contributed by atoms with Crippen LogP contribution in [0.25, 0.3) is 0 Å². The molecule has 1 amide bonds. The Morgan fingerprint density at radius 1 is 1.33 bits per heavy atom. The Morgan fingerprint density at radius 2 is 2.08 bits per heavy atom. The zero-order valence-corrected chi connectivity index (χ0v) is 14.4. The van der Waals surface area contributed by atoms with Gasteiger partial charge in [-0.15, -0.1) is 0 Å². The summed E-state index contributed by atoms with van der Waals surface area (Å²) in [6.07, 6.45) is 3.81. The minimum absolute atomic E-state index is 0.0184. The van der Waals surface area contributed by atoms with Gasteiger partial charge in [-0.2, -0.15) is 0 Å². The number of carbonyl (C=O) groups is 1. The molecule has 0 fully saturated rings. The van der Waals surface area contributed by atoms with Gasteiger partial charge in [0, 0.05) is 42.7 Å². The van der Waals surface area contributed by atoms with E-state index in [-0.39, 0.29) is 11.6 Å². The van der Waals surface area contributed by atoms with Gasteiger partial charge in [-0.1, -0.05) is 19.4 Å². The Labute approximate surface area is 141 Å². The molecular formula is C18H23N3O3. The molecule has 6 heteroatoms. The molecule has 2 aromatic rings. The SMILES string of the molecule is CCCCN(Cc1cccn1C)C(=O)c1ccc(C)c([N+](=O)[O-])c1. The topological polar surface area (TPSA) is 68.4 Å². The molecule has 0 unspecified atom stereocenters. The van der Waals surface area contributed by atoms with Gasteiger partial charge in [-0.25, -0.2) is 0 Å². The van der Waals surface area contributed by atoms with E-state index in [2.05, 4.69) is 6.92 Å². The van der Waals surface area contributed by atoms with Crippen molar-refractivity contribution in [3.8, 4) is 0 Å². The fourth-order valence-electron chi connectivity index (χ4n) is 2.58. The number of rotatable bonds is 7. The van der Waals surface area contributed by atoms with Gasteiger partial charge in [0.2, 0.25) is 0 Å². The van der Waals surface area contributed by atoms with Gasteiger partial charge >= 0.3 is 0 Å². The second-order valence-electron chi connectivity index (χ2n) is 5.95. The number of benzene rings is 1. The first kappa shape index (κ1) is 17.7. The third-order valence-corrected chi connectivity index (χ3v) is 4.13. The van der Waals surface area contributed by atoms with Crippen LogP contribution in [0, 0.1) is 17.0 Å². The second kappa shape index (κ2) is 7.77. The van der Waals surface area contributed by atoms with Crippen LogP contribution in [-0.4, -0.2) is 26.8 Å². The minimum atomic E-state index is -0.445. The molecule has 0 atom stereocenters. The van der Waals surface area contributed by atoms with Gasteiger partial charge in [-0.05, 0) is 31.5 Å². The van der Waals surface area contributed by atoms with Gasteiger partial charge in [0.15, 0.2) is 0 Å². The molecule has 6 nitrogen and oxygen atoms in total. The van der Waals surface area contributed by atoms with E-state index in [1.165, 1.54) is 6.07 Å². The summed E-state index contributed by atoms with van der Waals surface area (Å²) >= 11 is 0. The van der Waals surface area contributed by atoms with Crippen LogP contribution in [0.5, 0.6) is 0 Å². The maximum Gasteiger partial charge on any atom is 0.273 e. The predicted octanol–water partition coefficient (Wildman–Crippen LogP) is 3.68. The van der Waals surface area contributed by atoms with Crippen molar-refractivity contribution in [3.63, 3.8) is 0 Å². The lowest BCUT2D eigenvalue weighted by Crippen LogP contribution is -2.32. The van der Waals surface area contributed by atoms with E-state index in [1.807, 2.05) is 29.9 Å². The summed E-state index contributed by atoms with van der Waals surface area (Å²) in [4.78, 5) is 25.3. The van der Waals surface area contributed by atoms with Crippen molar-refractivity contribution in [2.45, 2.75) is 33.2 Å². The summed E-state index contributed by atoms with van der Waals surface area (Å²) in [5.41, 5.74) is 1.92. The molecule has 24 heavy (non-hydrogen) atoms. The zero-order valence-electron chi connectivity index (χ0n) is 14.4. The molecular weight excluding hydrogens is 306 g/mol. The Kier molecular flexibility index (Phi) is 5.73. The maximum atomic E-state index is 12.9. The molecule has 128 valence electrons. The Bertz CT molecular complexity index is 737. The number of nitro benzene ring substituents is 1. The van der Waals surface area contributed by atoms with E-state index in [1.54, 1.807) is 24.0 Å². The first-order valence-corrected chi connectivity index (χ1v) is 8.08. The van der Waals surface area contributed by atoms with Crippen LogP contribution in [-0.2, 0) is 13.6 Å². The number of nitro groups is 1. The molecule has 0 aliphatic carbocycles. The number of carbonyl (C=O) groups excluding carboxylic acids is 1. The quantitative estimate of drug-likeness (QED) is 0.575. The first-order valence-electron chi connectivity index (χ1n) is 8.08. The molecule has 0 N–H and O–H groups in total. The third-order valence-electron chi connectivity index (χ3n) is 4.13. The van der Waals surface area contributed by atoms with Crippen LogP contribution < -0.4 is 0 Å². The van der Waals surface area contributed by atoms with Crippen molar-refractivity contribution in [1.82, 2.24) is 9.47 Å². The summed E-state index contributed by atoms with van der Waals surface area (Å²) in [5, 5.41) is 11.1. The fourth-order valence-corrected chi connectivity index (χ4v) is 2.58. The molecule has 0 saturated heterocycles. The predicted molar refractivity (Wildman–Crippen MR) is 92.9 cm³/mol. The highest BCUT2D eigenvalue weighted by molar-refractivity contribution is 5.95. The number of amides is 1. The largest absolute Gasteiger partial charge is 0.353 e. The van der Waals surface area contributed by atoms with Crippen molar-refractivity contribution in [2.24, 2.45) is 7.05 Å². The number of aryl methyl sites for hydroxylation is 2. The van der Waals surface area contributed by atoms with E-state index in [9.17, 15) is 14.9 Å². The van der Waals surface area contributed by atoms with E-state index in [0.29, 0.717) is 24.2 Å². The normalized spacial score (nSPS) is 10.6. The molecule has 0 saturated carbocycles. The van der Waals surface area contributed by atoms with Crippen molar-refractivity contribution in [3.05, 3.63) is 63.5 Å². The van der Waals surface area contributed by atoms with Crippen LogP contribution in [0.4, 0.5) is 5.69 Å². The van der Waals surface area contributed by atoms with E-state index < -0.39 is 4.92 Å². The summed E-state index contributed by atoms with van der Waals surface area (Å²) in [5.74, 6) is -0.173. The van der Waals surface area contributed by atoms with Gasteiger partial charge in [0.25, 0.3) is 11.6 Å². The molecule has 1 aromatic carbocycles. The third kappa shape index (κ3) is 4.01. The van der Waals surface area contributed by atoms with Crippen LogP contribution in [0.15, 0.2) is 36.5 Å². The highest BCUT2D eigenvalue weighted by Gasteiger charge is 2.20. The number of unbranched alkanes of at least 4 members (excludes halogenated alkanes) is 1. The Hall–Kier alpha value is -2.63. The molecule has 0 spiro atoms. The average molecular weight is 329 g/mol. The summed E-state index contributed by atoms with van der Waals surface area (Å²) in [6.45, 7) is 4.86. The van der Waals surface area contributed by atoms with E-state index in [4.69, 9.17) is 0 Å². The van der Waals surface area contributed by atoms with Gasteiger partial charge in [0.05, 0.1) is 11.5 Å². The van der Waals surface area contributed by atoms with E-state index >= 15 is 0 Å². The van der Waals surface area contributed by atoms with E-state index in [0.717, 1.165) is 18.5 Å². The van der Waals surface area contributed by atoms with Crippen LogP contribution in [0.2, 0.25) is 0 Å². The Morgan fingerprint density at radius 3 is 2.67 bits per heavy atom. The van der Waals surface area contributed by atoms with Crippen molar-refractivity contribution >= 4 is 11.6 Å². The monoisotopic (exact) mass is 329 g/mol. The molecule has 0 radical (unpaired) electrons.